The lowest BCUT2D eigenvalue weighted by Crippen LogP contribution is -2.51. The Morgan fingerprint density at radius 3 is 2.52 bits per heavy atom. The summed E-state index contributed by atoms with van der Waals surface area (Å²) in [5.41, 5.74) is 0.967. The minimum atomic E-state index is -0.697. The fourth-order valence-electron chi connectivity index (χ4n) is 3.23. The molecule has 0 unspecified atom stereocenters. The maximum absolute atomic E-state index is 12.4. The number of piperidine rings is 1. The molecule has 3 rings (SSSR count). The number of anilines is 1. The molecule has 2 N–H and O–H groups in total. The summed E-state index contributed by atoms with van der Waals surface area (Å²) in [4.78, 5) is 35.1. The molecule has 27 heavy (non-hydrogen) atoms. The van der Waals surface area contributed by atoms with Crippen LogP contribution in [0.3, 0.4) is 0 Å². The third-order valence-corrected chi connectivity index (χ3v) is 5.75. The number of imide groups is 1. The zero-order valence-electron chi connectivity index (χ0n) is 14.7. The van der Waals surface area contributed by atoms with Gasteiger partial charge in [-0.05, 0) is 48.6 Å². The predicted octanol–water partition coefficient (Wildman–Crippen LogP) is 3.80. The van der Waals surface area contributed by atoms with Crippen LogP contribution in [0.1, 0.15) is 31.7 Å². The number of amides is 2. The Hall–Kier alpha value is -2.87. The number of hydrogen-bond acceptors (Lipinski definition) is 6. The van der Waals surface area contributed by atoms with Gasteiger partial charge in [0.25, 0.3) is 5.69 Å². The average molecular weight is 385 g/mol. The maximum Gasteiger partial charge on any atom is 0.284 e. The summed E-state index contributed by atoms with van der Waals surface area (Å²) >= 11 is 1.16. The van der Waals surface area contributed by atoms with Crippen molar-refractivity contribution in [3.63, 3.8) is 0 Å². The van der Waals surface area contributed by atoms with Gasteiger partial charge in [0.2, 0.25) is 11.8 Å². The molecule has 0 spiro atoms. The summed E-state index contributed by atoms with van der Waals surface area (Å²) in [7, 11) is 0. The molecule has 8 heteroatoms. The molecule has 1 saturated heterocycles. The minimum Gasteiger partial charge on any atom is -0.325 e. The normalized spacial score (nSPS) is 19.4. The van der Waals surface area contributed by atoms with E-state index in [1.807, 2.05) is 31.2 Å². The van der Waals surface area contributed by atoms with Crippen LogP contribution >= 0.6 is 11.9 Å². The highest BCUT2D eigenvalue weighted by Crippen LogP contribution is 2.37. The van der Waals surface area contributed by atoms with Crippen LogP contribution in [0.15, 0.2) is 53.4 Å². The van der Waals surface area contributed by atoms with Gasteiger partial charge in [-0.1, -0.05) is 31.2 Å². The second-order valence-corrected chi connectivity index (χ2v) is 7.17. The van der Waals surface area contributed by atoms with Crippen molar-refractivity contribution in [3.05, 3.63) is 64.2 Å². The highest BCUT2D eigenvalue weighted by Gasteiger charge is 2.42. The van der Waals surface area contributed by atoms with E-state index in [1.165, 1.54) is 6.07 Å². The van der Waals surface area contributed by atoms with Crippen molar-refractivity contribution < 1.29 is 14.5 Å². The van der Waals surface area contributed by atoms with Crippen molar-refractivity contribution in [1.29, 1.82) is 0 Å². The highest BCUT2D eigenvalue weighted by atomic mass is 32.2. The van der Waals surface area contributed by atoms with Gasteiger partial charge in [0.1, 0.15) is 4.90 Å². The molecular formula is C19H19N3O4S. The van der Waals surface area contributed by atoms with Gasteiger partial charge >= 0.3 is 0 Å². The zero-order chi connectivity index (χ0) is 19.4. The Bertz CT molecular complexity index is 885. The quantitative estimate of drug-likeness (QED) is 0.339. The Kier molecular flexibility index (Phi) is 5.46. The fourth-order valence-corrected chi connectivity index (χ4v) is 3.99. The van der Waals surface area contributed by atoms with Crippen LogP contribution < -0.4 is 10.0 Å². The number of carbonyl (C=O) groups is 2. The number of hydrogen-bond donors (Lipinski definition) is 2. The van der Waals surface area contributed by atoms with Crippen LogP contribution in [0.2, 0.25) is 0 Å². The predicted molar refractivity (Wildman–Crippen MR) is 103 cm³/mol. The third-order valence-electron chi connectivity index (χ3n) is 4.85. The third kappa shape index (κ3) is 3.80. The van der Waals surface area contributed by atoms with Crippen molar-refractivity contribution in [2.45, 2.75) is 36.5 Å². The number of carbonyl (C=O) groups excluding carboxylic acids is 2. The largest absolute Gasteiger partial charge is 0.325 e. The molecule has 2 aromatic carbocycles. The summed E-state index contributed by atoms with van der Waals surface area (Å²) < 4.78 is 3.09. The lowest BCUT2D eigenvalue weighted by molar-refractivity contribution is -0.387. The second-order valence-electron chi connectivity index (χ2n) is 6.32. The van der Waals surface area contributed by atoms with Crippen molar-refractivity contribution in [3.8, 4) is 0 Å². The molecule has 1 heterocycles. The fraction of sp³-hybridized carbons (Fsp3) is 0.263. The van der Waals surface area contributed by atoms with Gasteiger partial charge in [-0.25, -0.2) is 0 Å². The van der Waals surface area contributed by atoms with Crippen LogP contribution in [0.25, 0.3) is 0 Å². The molecule has 1 fully saturated rings. The maximum atomic E-state index is 12.4. The summed E-state index contributed by atoms with van der Waals surface area (Å²) in [6, 6.07) is 13.9. The van der Waals surface area contributed by atoms with Crippen molar-refractivity contribution in [2.24, 2.45) is 0 Å². The van der Waals surface area contributed by atoms with E-state index in [1.54, 1.807) is 18.2 Å². The molecule has 0 aliphatic carbocycles. The molecule has 0 radical (unpaired) electrons. The lowest BCUT2D eigenvalue weighted by atomic mass is 9.72. The first-order valence-electron chi connectivity index (χ1n) is 8.57. The molecule has 0 aromatic heterocycles. The summed E-state index contributed by atoms with van der Waals surface area (Å²) in [6.45, 7) is 1.94. The molecule has 140 valence electrons. The summed E-state index contributed by atoms with van der Waals surface area (Å²) in [6.07, 6.45) is 1.42. The number of nitrogens with one attached hydrogen (secondary N) is 2. The van der Waals surface area contributed by atoms with E-state index in [0.717, 1.165) is 23.2 Å². The van der Waals surface area contributed by atoms with Crippen LogP contribution in [0, 0.1) is 10.1 Å². The van der Waals surface area contributed by atoms with Crippen molar-refractivity contribution in [1.82, 2.24) is 5.32 Å². The topological polar surface area (TPSA) is 101 Å². The average Bonchev–Trinajstić information content (AvgIpc) is 2.67. The SMILES string of the molecule is CC[C@@]1(c2ccc(NSc3ccccc3[N+](=O)[O-])cc2)CCC(=O)NC1=O. The summed E-state index contributed by atoms with van der Waals surface area (Å²) in [5, 5.41) is 13.5. The Morgan fingerprint density at radius 1 is 1.19 bits per heavy atom. The Balaban J connectivity index is 1.75. The van der Waals surface area contributed by atoms with E-state index >= 15 is 0 Å². The van der Waals surface area contributed by atoms with Gasteiger partial charge in [-0.15, -0.1) is 0 Å². The highest BCUT2D eigenvalue weighted by molar-refractivity contribution is 8.00. The van der Waals surface area contributed by atoms with Gasteiger partial charge < -0.3 is 4.72 Å². The van der Waals surface area contributed by atoms with Crippen LogP contribution in [-0.2, 0) is 15.0 Å². The van der Waals surface area contributed by atoms with Crippen LogP contribution in [0.4, 0.5) is 11.4 Å². The van der Waals surface area contributed by atoms with Crippen LogP contribution in [-0.4, -0.2) is 16.7 Å². The van der Waals surface area contributed by atoms with Crippen molar-refractivity contribution >= 4 is 35.1 Å². The molecule has 0 saturated carbocycles. The molecular weight excluding hydrogens is 366 g/mol. The number of benzene rings is 2. The molecule has 1 aliphatic heterocycles. The number of para-hydroxylation sites is 1. The molecule has 2 aromatic rings. The first-order valence-corrected chi connectivity index (χ1v) is 9.39. The van der Waals surface area contributed by atoms with E-state index < -0.39 is 10.3 Å². The molecule has 1 aliphatic rings. The number of rotatable bonds is 6. The van der Waals surface area contributed by atoms with E-state index in [0.29, 0.717) is 24.2 Å². The molecule has 0 bridgehead atoms. The van der Waals surface area contributed by atoms with E-state index in [-0.39, 0.29) is 17.5 Å². The first-order chi connectivity index (χ1) is 13.0. The van der Waals surface area contributed by atoms with Crippen LogP contribution in [0.5, 0.6) is 0 Å². The zero-order valence-corrected chi connectivity index (χ0v) is 15.5. The minimum absolute atomic E-state index is 0.0418. The number of nitrogens with zero attached hydrogens (tertiary/aromatic N) is 1. The standard InChI is InChI=1S/C19H19N3O4S/c1-2-19(12-11-17(23)20-18(19)24)13-7-9-14(10-8-13)21-27-16-6-4-3-5-15(16)22(25)26/h3-10,21H,2,11-12H2,1H3,(H,20,23,24)/t19-/m0/s1. The summed E-state index contributed by atoms with van der Waals surface area (Å²) in [5.74, 6) is -0.487. The Morgan fingerprint density at radius 2 is 1.89 bits per heavy atom. The van der Waals surface area contributed by atoms with E-state index in [2.05, 4.69) is 10.0 Å². The lowest BCUT2D eigenvalue weighted by Gasteiger charge is -2.35. The number of nitro groups is 1. The van der Waals surface area contributed by atoms with Gasteiger partial charge in [0.05, 0.1) is 10.3 Å². The van der Waals surface area contributed by atoms with E-state index in [4.69, 9.17) is 0 Å². The monoisotopic (exact) mass is 385 g/mol. The van der Waals surface area contributed by atoms with Crippen molar-refractivity contribution in [2.75, 3.05) is 4.72 Å². The molecule has 1 atom stereocenters. The van der Waals surface area contributed by atoms with Gasteiger partial charge in [0, 0.05) is 18.2 Å². The molecule has 7 nitrogen and oxygen atoms in total. The smallest absolute Gasteiger partial charge is 0.284 e. The Labute approximate surface area is 160 Å². The van der Waals surface area contributed by atoms with E-state index in [9.17, 15) is 19.7 Å². The number of nitro benzene ring substituents is 1. The molecule has 2 amide bonds. The first kappa shape index (κ1) is 18.9. The van der Waals surface area contributed by atoms with Gasteiger partial charge in [0.15, 0.2) is 0 Å². The second kappa shape index (κ2) is 7.79. The van der Waals surface area contributed by atoms with Gasteiger partial charge in [-0.3, -0.25) is 25.0 Å². The van der Waals surface area contributed by atoms with Gasteiger partial charge in [-0.2, -0.15) is 0 Å².